The van der Waals surface area contributed by atoms with Gasteiger partial charge < -0.3 is 9.52 Å². The number of rotatable bonds is 4. The van der Waals surface area contributed by atoms with E-state index < -0.39 is 16.8 Å². The number of carboxylic acids is 1. The molecule has 0 radical (unpaired) electrons. The second-order valence-corrected chi connectivity index (χ2v) is 5.98. The van der Waals surface area contributed by atoms with Crippen LogP contribution >= 0.6 is 0 Å². The van der Waals surface area contributed by atoms with Crippen LogP contribution in [0.3, 0.4) is 0 Å². The Morgan fingerprint density at radius 3 is 2.04 bits per heavy atom. The highest BCUT2D eigenvalue weighted by Gasteiger charge is 2.28. The second-order valence-electron chi connectivity index (χ2n) is 5.98. The van der Waals surface area contributed by atoms with E-state index in [0.717, 1.165) is 5.56 Å². The summed E-state index contributed by atoms with van der Waals surface area (Å²) >= 11 is 0. The van der Waals surface area contributed by atoms with Gasteiger partial charge in [-0.1, -0.05) is 60.7 Å². The molecule has 0 spiro atoms. The van der Waals surface area contributed by atoms with Crippen molar-refractivity contribution in [2.75, 3.05) is 0 Å². The Bertz CT molecular complexity index is 1160. The number of fused-ring (bicyclic) bond motifs is 1. The SMILES string of the molecule is O=C(O)c1cc(-c2ccccc2)cc2c(-c3ccccc3)c([N+](=O)[O-])oc12. The second kappa shape index (κ2) is 6.42. The maximum atomic E-state index is 11.8. The molecule has 0 unspecified atom stereocenters. The molecule has 0 amide bonds. The first-order chi connectivity index (χ1) is 13.1. The number of carbonyl (C=O) groups is 1. The van der Waals surface area contributed by atoms with Gasteiger partial charge in [0.15, 0.2) is 5.58 Å². The summed E-state index contributed by atoms with van der Waals surface area (Å²) in [7, 11) is 0. The summed E-state index contributed by atoms with van der Waals surface area (Å²) in [6.45, 7) is 0. The predicted octanol–water partition coefficient (Wildman–Crippen LogP) is 5.37. The molecule has 132 valence electrons. The molecule has 0 fully saturated rings. The van der Waals surface area contributed by atoms with Crippen LogP contribution in [0.5, 0.6) is 0 Å². The van der Waals surface area contributed by atoms with Crippen molar-refractivity contribution < 1.29 is 19.2 Å². The monoisotopic (exact) mass is 359 g/mol. The zero-order valence-electron chi connectivity index (χ0n) is 14.0. The van der Waals surface area contributed by atoms with E-state index in [1.807, 2.05) is 30.3 Å². The molecule has 1 heterocycles. The number of hydrogen-bond donors (Lipinski definition) is 1. The number of carboxylic acid groups (broad SMARTS) is 1. The first-order valence-corrected chi connectivity index (χ1v) is 8.15. The number of nitrogens with zero attached hydrogens (tertiary/aromatic N) is 1. The zero-order chi connectivity index (χ0) is 19.0. The van der Waals surface area contributed by atoms with Crippen molar-refractivity contribution in [2.45, 2.75) is 0 Å². The van der Waals surface area contributed by atoms with Gasteiger partial charge in [-0.3, -0.25) is 10.1 Å². The molecule has 0 aliphatic carbocycles. The van der Waals surface area contributed by atoms with E-state index in [4.69, 9.17) is 4.42 Å². The molecule has 1 aromatic heterocycles. The molecule has 27 heavy (non-hydrogen) atoms. The maximum absolute atomic E-state index is 11.8. The standard InChI is InChI=1S/C21H13NO5/c23-21(24)17-12-15(13-7-3-1-4-8-13)11-16-18(14-9-5-2-6-10-14)20(22(25)26)27-19(16)17/h1-12H,(H,23,24). The molecule has 4 aromatic rings. The zero-order valence-corrected chi connectivity index (χ0v) is 14.0. The van der Waals surface area contributed by atoms with Gasteiger partial charge in [0.25, 0.3) is 0 Å². The Balaban J connectivity index is 2.12. The van der Waals surface area contributed by atoms with Gasteiger partial charge in [0, 0.05) is 5.39 Å². The molecular weight excluding hydrogens is 346 g/mol. The van der Waals surface area contributed by atoms with Crippen molar-refractivity contribution in [3.05, 3.63) is 88.5 Å². The Hall–Kier alpha value is -3.93. The Morgan fingerprint density at radius 1 is 0.889 bits per heavy atom. The molecule has 0 saturated heterocycles. The van der Waals surface area contributed by atoms with Gasteiger partial charge in [0.05, 0.1) is 0 Å². The third-order valence-corrected chi connectivity index (χ3v) is 4.34. The van der Waals surface area contributed by atoms with Crippen molar-refractivity contribution in [2.24, 2.45) is 0 Å². The van der Waals surface area contributed by atoms with Crippen LogP contribution in [0.1, 0.15) is 10.4 Å². The topological polar surface area (TPSA) is 93.6 Å². The molecule has 4 rings (SSSR count). The van der Waals surface area contributed by atoms with Crippen molar-refractivity contribution in [1.29, 1.82) is 0 Å². The molecular formula is C21H13NO5. The quantitative estimate of drug-likeness (QED) is 0.390. The van der Waals surface area contributed by atoms with Crippen LogP contribution in [0.4, 0.5) is 5.88 Å². The fourth-order valence-corrected chi connectivity index (χ4v) is 3.16. The normalized spacial score (nSPS) is 10.8. The van der Waals surface area contributed by atoms with Crippen molar-refractivity contribution in [1.82, 2.24) is 0 Å². The third-order valence-electron chi connectivity index (χ3n) is 4.34. The largest absolute Gasteiger partial charge is 0.478 e. The fourth-order valence-electron chi connectivity index (χ4n) is 3.16. The van der Waals surface area contributed by atoms with Crippen molar-refractivity contribution in [3.8, 4) is 22.3 Å². The molecule has 0 saturated carbocycles. The van der Waals surface area contributed by atoms with E-state index in [9.17, 15) is 20.0 Å². The van der Waals surface area contributed by atoms with Gasteiger partial charge in [-0.25, -0.2) is 4.79 Å². The first kappa shape index (κ1) is 16.5. The van der Waals surface area contributed by atoms with Crippen molar-refractivity contribution in [3.63, 3.8) is 0 Å². The average molecular weight is 359 g/mol. The number of nitro groups is 1. The maximum Gasteiger partial charge on any atom is 0.442 e. The van der Waals surface area contributed by atoms with Gasteiger partial charge in [-0.05, 0) is 28.8 Å². The Labute approximate surface area is 153 Å². The van der Waals surface area contributed by atoms with Gasteiger partial charge in [-0.15, -0.1) is 0 Å². The van der Waals surface area contributed by atoms with Gasteiger partial charge in [-0.2, -0.15) is 0 Å². The molecule has 6 heteroatoms. The van der Waals surface area contributed by atoms with Crippen molar-refractivity contribution >= 4 is 22.8 Å². The summed E-state index contributed by atoms with van der Waals surface area (Å²) < 4.78 is 5.42. The Kier molecular flexibility index (Phi) is 3.93. The van der Waals surface area contributed by atoms with Gasteiger partial charge in [0.1, 0.15) is 16.1 Å². The van der Waals surface area contributed by atoms with Crippen LogP contribution in [0.15, 0.2) is 77.2 Å². The number of benzene rings is 3. The molecule has 6 nitrogen and oxygen atoms in total. The molecule has 0 bridgehead atoms. The summed E-state index contributed by atoms with van der Waals surface area (Å²) in [6, 6.07) is 21.2. The molecule has 1 N–H and O–H groups in total. The number of hydrogen-bond acceptors (Lipinski definition) is 4. The summed E-state index contributed by atoms with van der Waals surface area (Å²) in [5.41, 5.74) is 2.20. The number of furan rings is 1. The minimum atomic E-state index is -1.21. The van der Waals surface area contributed by atoms with Crippen LogP contribution in [0.2, 0.25) is 0 Å². The van der Waals surface area contributed by atoms with Crippen LogP contribution in [0, 0.1) is 10.1 Å². The lowest BCUT2D eigenvalue weighted by atomic mass is 9.96. The van der Waals surface area contributed by atoms with E-state index in [1.54, 1.807) is 36.4 Å². The minimum Gasteiger partial charge on any atom is -0.478 e. The predicted molar refractivity (Wildman–Crippen MR) is 101 cm³/mol. The highest BCUT2D eigenvalue weighted by molar-refractivity contribution is 6.09. The van der Waals surface area contributed by atoms with Crippen LogP contribution in [0.25, 0.3) is 33.2 Å². The van der Waals surface area contributed by atoms with E-state index in [2.05, 4.69) is 0 Å². The lowest BCUT2D eigenvalue weighted by Gasteiger charge is -2.05. The number of aromatic carboxylic acids is 1. The minimum absolute atomic E-state index is 0.00673. The summed E-state index contributed by atoms with van der Waals surface area (Å²) in [6.07, 6.45) is 0. The lowest BCUT2D eigenvalue weighted by Crippen LogP contribution is -1.97. The van der Waals surface area contributed by atoms with E-state index in [1.165, 1.54) is 6.07 Å². The van der Waals surface area contributed by atoms with Crippen LogP contribution < -0.4 is 0 Å². The van der Waals surface area contributed by atoms with E-state index in [-0.39, 0.29) is 16.7 Å². The summed E-state index contributed by atoms with van der Waals surface area (Å²) in [4.78, 5) is 22.7. The van der Waals surface area contributed by atoms with Gasteiger partial charge >= 0.3 is 11.9 Å². The highest BCUT2D eigenvalue weighted by Crippen LogP contribution is 2.42. The summed E-state index contributed by atoms with van der Waals surface area (Å²) in [5.74, 6) is -1.68. The average Bonchev–Trinajstić information content (AvgIpc) is 3.08. The third kappa shape index (κ3) is 2.83. The summed E-state index contributed by atoms with van der Waals surface area (Å²) in [5, 5.41) is 21.6. The molecule has 0 aliphatic rings. The van der Waals surface area contributed by atoms with E-state index >= 15 is 0 Å². The fraction of sp³-hybridized carbons (Fsp3) is 0. The van der Waals surface area contributed by atoms with Crippen LogP contribution in [-0.2, 0) is 0 Å². The van der Waals surface area contributed by atoms with E-state index in [0.29, 0.717) is 16.5 Å². The molecule has 0 aliphatic heterocycles. The molecule has 3 aromatic carbocycles. The smallest absolute Gasteiger partial charge is 0.442 e. The van der Waals surface area contributed by atoms with Crippen LogP contribution in [-0.4, -0.2) is 16.0 Å². The first-order valence-electron chi connectivity index (χ1n) is 8.15. The molecule has 0 atom stereocenters. The Morgan fingerprint density at radius 2 is 1.48 bits per heavy atom. The van der Waals surface area contributed by atoms with Gasteiger partial charge in [0.2, 0.25) is 0 Å². The lowest BCUT2D eigenvalue weighted by molar-refractivity contribution is -0.400. The highest BCUT2D eigenvalue weighted by atomic mass is 16.6.